The molecule has 130 valence electrons. The van der Waals surface area contributed by atoms with Gasteiger partial charge in [0.25, 0.3) is 0 Å². The van der Waals surface area contributed by atoms with Gasteiger partial charge in [0.2, 0.25) is 0 Å². The second-order valence-electron chi connectivity index (χ2n) is 6.99. The third kappa shape index (κ3) is 3.13. The van der Waals surface area contributed by atoms with E-state index in [-0.39, 0.29) is 18.0 Å². The Balaban J connectivity index is 2.06. The van der Waals surface area contributed by atoms with E-state index in [1.165, 1.54) is 32.7 Å². The first-order valence-electron chi connectivity index (χ1n) is 9.06. The van der Waals surface area contributed by atoms with Crippen LogP contribution in [-0.2, 0) is 9.53 Å². The van der Waals surface area contributed by atoms with E-state index in [4.69, 9.17) is 4.74 Å². The maximum absolute atomic E-state index is 12.1. The first kappa shape index (κ1) is 17.5. The Morgan fingerprint density at radius 1 is 0.920 bits per heavy atom. The van der Waals surface area contributed by atoms with Gasteiger partial charge < -0.3 is 4.74 Å². The molecule has 0 heterocycles. The smallest absolute Gasteiger partial charge is 0.309 e. The zero-order valence-corrected chi connectivity index (χ0v) is 15.7. The molecule has 2 heteroatoms. The fourth-order valence-corrected chi connectivity index (χ4v) is 3.40. The summed E-state index contributed by atoms with van der Waals surface area (Å²) in [4.78, 5) is 12.1. The van der Waals surface area contributed by atoms with Crippen molar-refractivity contribution >= 4 is 27.5 Å². The molecule has 3 rings (SSSR count). The molecule has 3 aromatic carbocycles. The normalized spacial score (nSPS) is 13.8. The second-order valence-corrected chi connectivity index (χ2v) is 6.99. The van der Waals surface area contributed by atoms with Crippen molar-refractivity contribution in [1.29, 1.82) is 0 Å². The SMILES string of the molecule is CCC(C)C(=O)OC(C)c1ccc2c(C)c3ccccc3c(C)c2c1. The van der Waals surface area contributed by atoms with Crippen LogP contribution in [-0.4, -0.2) is 5.97 Å². The van der Waals surface area contributed by atoms with E-state index in [1.54, 1.807) is 0 Å². The molecule has 0 saturated heterocycles. The Kier molecular flexibility index (Phi) is 4.80. The van der Waals surface area contributed by atoms with Crippen LogP contribution >= 0.6 is 0 Å². The first-order valence-corrected chi connectivity index (χ1v) is 9.06. The van der Waals surface area contributed by atoms with Crippen molar-refractivity contribution in [1.82, 2.24) is 0 Å². The van der Waals surface area contributed by atoms with E-state index in [1.807, 2.05) is 20.8 Å². The number of carbonyl (C=O) groups is 1. The average Bonchev–Trinajstić information content (AvgIpc) is 2.64. The summed E-state index contributed by atoms with van der Waals surface area (Å²) in [6.45, 7) is 10.2. The van der Waals surface area contributed by atoms with Gasteiger partial charge >= 0.3 is 5.97 Å². The Hall–Kier alpha value is -2.35. The van der Waals surface area contributed by atoms with E-state index in [0.717, 1.165) is 12.0 Å². The molecular formula is C23H26O2. The van der Waals surface area contributed by atoms with Crippen molar-refractivity contribution in [3.8, 4) is 0 Å². The molecule has 25 heavy (non-hydrogen) atoms. The standard InChI is InChI=1S/C23H26O2/c1-6-14(2)23(24)25-17(5)18-11-12-21-15(3)19-9-7-8-10-20(19)16(4)22(21)13-18/h7-14,17H,6H2,1-5H3. The molecule has 3 aromatic rings. The highest BCUT2D eigenvalue weighted by Gasteiger charge is 2.18. The predicted molar refractivity (Wildman–Crippen MR) is 105 cm³/mol. The summed E-state index contributed by atoms with van der Waals surface area (Å²) in [5, 5.41) is 5.09. The summed E-state index contributed by atoms with van der Waals surface area (Å²) in [5.41, 5.74) is 3.62. The van der Waals surface area contributed by atoms with Crippen LogP contribution < -0.4 is 0 Å². The van der Waals surface area contributed by atoms with Gasteiger partial charge in [-0.2, -0.15) is 0 Å². The van der Waals surface area contributed by atoms with E-state index >= 15 is 0 Å². The molecule has 0 bridgehead atoms. The van der Waals surface area contributed by atoms with E-state index in [9.17, 15) is 4.79 Å². The Morgan fingerprint density at radius 3 is 2.08 bits per heavy atom. The van der Waals surface area contributed by atoms with Gasteiger partial charge in [0.15, 0.2) is 0 Å². The molecule has 2 unspecified atom stereocenters. The number of fused-ring (bicyclic) bond motifs is 2. The lowest BCUT2D eigenvalue weighted by Gasteiger charge is -2.18. The van der Waals surface area contributed by atoms with E-state index < -0.39 is 0 Å². The zero-order chi connectivity index (χ0) is 18.1. The number of aryl methyl sites for hydroxylation is 2. The van der Waals surface area contributed by atoms with Crippen molar-refractivity contribution < 1.29 is 9.53 Å². The number of rotatable bonds is 4. The molecule has 0 N–H and O–H groups in total. The minimum atomic E-state index is -0.239. The Labute approximate surface area is 149 Å². The quantitative estimate of drug-likeness (QED) is 0.416. The van der Waals surface area contributed by atoms with E-state index in [2.05, 4.69) is 56.3 Å². The average molecular weight is 334 g/mol. The number of carbonyl (C=O) groups excluding carboxylic acids is 1. The van der Waals surface area contributed by atoms with Gasteiger partial charge in [0.1, 0.15) is 6.10 Å². The molecule has 2 atom stereocenters. The van der Waals surface area contributed by atoms with Gasteiger partial charge in [-0.05, 0) is 71.5 Å². The van der Waals surface area contributed by atoms with Gasteiger partial charge in [-0.3, -0.25) is 4.79 Å². The first-order chi connectivity index (χ1) is 11.9. The summed E-state index contributed by atoms with van der Waals surface area (Å²) in [5.74, 6) is -0.183. The van der Waals surface area contributed by atoms with Crippen molar-refractivity contribution in [2.75, 3.05) is 0 Å². The van der Waals surface area contributed by atoms with Crippen LogP contribution in [0.5, 0.6) is 0 Å². The van der Waals surface area contributed by atoms with Crippen LogP contribution in [0.15, 0.2) is 42.5 Å². The van der Waals surface area contributed by atoms with Crippen molar-refractivity contribution in [3.05, 3.63) is 59.2 Å². The summed E-state index contributed by atoms with van der Waals surface area (Å²) in [6.07, 6.45) is 0.560. The lowest BCUT2D eigenvalue weighted by atomic mass is 9.91. The molecule has 0 aliphatic rings. The van der Waals surface area contributed by atoms with Crippen molar-refractivity contribution in [2.45, 2.75) is 47.1 Å². The molecular weight excluding hydrogens is 308 g/mol. The Bertz CT molecular complexity index is 940. The minimum absolute atomic E-state index is 0.0594. The highest BCUT2D eigenvalue weighted by Crippen LogP contribution is 2.34. The van der Waals surface area contributed by atoms with Gasteiger partial charge in [-0.1, -0.05) is 50.2 Å². The largest absolute Gasteiger partial charge is 0.458 e. The van der Waals surface area contributed by atoms with Crippen LogP contribution in [0.1, 0.15) is 50.0 Å². The highest BCUT2D eigenvalue weighted by atomic mass is 16.5. The number of esters is 1. The monoisotopic (exact) mass is 334 g/mol. The number of ether oxygens (including phenoxy) is 1. The molecule has 0 aromatic heterocycles. The third-order valence-corrected chi connectivity index (χ3v) is 5.36. The number of hydrogen-bond acceptors (Lipinski definition) is 2. The topological polar surface area (TPSA) is 26.3 Å². The van der Waals surface area contributed by atoms with Gasteiger partial charge in [0, 0.05) is 0 Å². The maximum atomic E-state index is 12.1. The summed E-state index contributed by atoms with van der Waals surface area (Å²) >= 11 is 0. The van der Waals surface area contributed by atoms with Crippen molar-refractivity contribution in [2.24, 2.45) is 5.92 Å². The minimum Gasteiger partial charge on any atom is -0.458 e. The van der Waals surface area contributed by atoms with Crippen molar-refractivity contribution in [3.63, 3.8) is 0 Å². The number of hydrogen-bond donors (Lipinski definition) is 0. The molecule has 0 radical (unpaired) electrons. The lowest BCUT2D eigenvalue weighted by Crippen LogP contribution is -2.16. The summed E-state index contributed by atoms with van der Waals surface area (Å²) < 4.78 is 5.66. The fraction of sp³-hybridized carbons (Fsp3) is 0.348. The van der Waals surface area contributed by atoms with Crippen LogP contribution in [0.3, 0.4) is 0 Å². The summed E-state index contributed by atoms with van der Waals surface area (Å²) in [6, 6.07) is 15.0. The summed E-state index contributed by atoms with van der Waals surface area (Å²) in [7, 11) is 0. The molecule has 0 fully saturated rings. The van der Waals surface area contributed by atoms with Gasteiger partial charge in [-0.25, -0.2) is 0 Å². The van der Waals surface area contributed by atoms with Crippen LogP contribution in [0, 0.1) is 19.8 Å². The molecule has 0 amide bonds. The van der Waals surface area contributed by atoms with Crippen LogP contribution in [0.25, 0.3) is 21.5 Å². The molecule has 0 aliphatic carbocycles. The maximum Gasteiger partial charge on any atom is 0.309 e. The predicted octanol–water partition coefficient (Wildman–Crippen LogP) is 6.26. The van der Waals surface area contributed by atoms with Crippen LogP contribution in [0.2, 0.25) is 0 Å². The Morgan fingerprint density at radius 2 is 1.48 bits per heavy atom. The van der Waals surface area contributed by atoms with E-state index in [0.29, 0.717) is 0 Å². The highest BCUT2D eigenvalue weighted by molar-refractivity contribution is 6.05. The van der Waals surface area contributed by atoms with Crippen LogP contribution in [0.4, 0.5) is 0 Å². The number of benzene rings is 3. The fourth-order valence-electron chi connectivity index (χ4n) is 3.40. The third-order valence-electron chi connectivity index (χ3n) is 5.36. The molecule has 0 spiro atoms. The lowest BCUT2D eigenvalue weighted by molar-refractivity contribution is -0.153. The zero-order valence-electron chi connectivity index (χ0n) is 15.7. The van der Waals surface area contributed by atoms with Gasteiger partial charge in [0.05, 0.1) is 5.92 Å². The molecule has 2 nitrogen and oxygen atoms in total. The second kappa shape index (κ2) is 6.87. The molecule has 0 aliphatic heterocycles. The molecule has 0 saturated carbocycles. The van der Waals surface area contributed by atoms with Gasteiger partial charge in [-0.15, -0.1) is 0 Å².